The molecule has 2 aromatic heterocycles. The van der Waals surface area contributed by atoms with Gasteiger partial charge in [0.15, 0.2) is 0 Å². The van der Waals surface area contributed by atoms with Crippen molar-refractivity contribution in [2.45, 2.75) is 13.0 Å². The zero-order valence-corrected chi connectivity index (χ0v) is 11.0. The third-order valence-corrected chi connectivity index (χ3v) is 3.44. The molecular formula is C13H15N3OS. The average molecular weight is 261 g/mol. The standard InChI is InChI=1S/C13H15N3OS/c1-16(9-12-3-2-6-18-12)13(17)7-11-5-4-10(14)8-15-11/h2-6,8H,7,9,14H2,1H3. The summed E-state index contributed by atoms with van der Waals surface area (Å²) in [6.45, 7) is 0.644. The van der Waals surface area contributed by atoms with Crippen LogP contribution in [0.5, 0.6) is 0 Å². The number of carbonyl (C=O) groups is 1. The number of anilines is 1. The first kappa shape index (κ1) is 12.6. The van der Waals surface area contributed by atoms with Crippen molar-refractivity contribution in [3.8, 4) is 0 Å². The number of pyridine rings is 1. The van der Waals surface area contributed by atoms with E-state index >= 15 is 0 Å². The monoisotopic (exact) mass is 261 g/mol. The van der Waals surface area contributed by atoms with Crippen molar-refractivity contribution in [3.63, 3.8) is 0 Å². The van der Waals surface area contributed by atoms with Gasteiger partial charge in [-0.2, -0.15) is 0 Å². The summed E-state index contributed by atoms with van der Waals surface area (Å²) in [6.07, 6.45) is 1.88. The number of likely N-dealkylation sites (N-methyl/N-ethyl adjacent to an activating group) is 1. The van der Waals surface area contributed by atoms with Crippen LogP contribution in [0.2, 0.25) is 0 Å². The lowest BCUT2D eigenvalue weighted by Gasteiger charge is -2.15. The molecule has 0 bridgehead atoms. The number of carbonyl (C=O) groups excluding carboxylic acids is 1. The van der Waals surface area contributed by atoms with Crippen molar-refractivity contribution in [1.29, 1.82) is 0 Å². The Hall–Kier alpha value is -1.88. The summed E-state index contributed by atoms with van der Waals surface area (Å²) >= 11 is 1.65. The highest BCUT2D eigenvalue weighted by Gasteiger charge is 2.11. The van der Waals surface area contributed by atoms with Gasteiger partial charge in [0, 0.05) is 17.6 Å². The zero-order valence-electron chi connectivity index (χ0n) is 10.2. The summed E-state index contributed by atoms with van der Waals surface area (Å²) in [5.41, 5.74) is 6.90. The Morgan fingerprint density at radius 1 is 1.44 bits per heavy atom. The number of nitrogen functional groups attached to an aromatic ring is 1. The molecule has 0 saturated heterocycles. The fraction of sp³-hybridized carbons (Fsp3) is 0.231. The molecule has 0 aliphatic carbocycles. The van der Waals surface area contributed by atoms with E-state index in [0.29, 0.717) is 18.7 Å². The molecule has 0 aliphatic heterocycles. The number of hydrogen-bond donors (Lipinski definition) is 1. The van der Waals surface area contributed by atoms with Crippen molar-refractivity contribution in [2.24, 2.45) is 0 Å². The third kappa shape index (κ3) is 3.30. The molecule has 0 atom stereocenters. The molecule has 5 heteroatoms. The Balaban J connectivity index is 1.93. The lowest BCUT2D eigenvalue weighted by molar-refractivity contribution is -0.129. The summed E-state index contributed by atoms with van der Waals surface area (Å²) in [5, 5.41) is 2.01. The molecule has 0 aromatic carbocycles. The van der Waals surface area contributed by atoms with E-state index in [9.17, 15) is 4.79 Å². The van der Waals surface area contributed by atoms with Gasteiger partial charge in [0.05, 0.1) is 24.8 Å². The second-order valence-electron chi connectivity index (χ2n) is 4.09. The van der Waals surface area contributed by atoms with Crippen LogP contribution in [0.3, 0.4) is 0 Å². The molecule has 94 valence electrons. The van der Waals surface area contributed by atoms with Gasteiger partial charge in [0.25, 0.3) is 0 Å². The molecule has 0 spiro atoms. The van der Waals surface area contributed by atoms with E-state index in [-0.39, 0.29) is 5.91 Å². The highest BCUT2D eigenvalue weighted by molar-refractivity contribution is 7.09. The van der Waals surface area contributed by atoms with Gasteiger partial charge in [0.1, 0.15) is 0 Å². The zero-order chi connectivity index (χ0) is 13.0. The van der Waals surface area contributed by atoms with Gasteiger partial charge < -0.3 is 10.6 Å². The molecule has 0 fully saturated rings. The van der Waals surface area contributed by atoms with Crippen LogP contribution >= 0.6 is 11.3 Å². The maximum Gasteiger partial charge on any atom is 0.228 e. The largest absolute Gasteiger partial charge is 0.397 e. The van der Waals surface area contributed by atoms with E-state index in [1.54, 1.807) is 41.6 Å². The molecular weight excluding hydrogens is 246 g/mol. The maximum atomic E-state index is 12.0. The molecule has 0 unspecified atom stereocenters. The molecule has 0 radical (unpaired) electrons. The van der Waals surface area contributed by atoms with Crippen LogP contribution in [0.15, 0.2) is 35.8 Å². The molecule has 2 heterocycles. The summed E-state index contributed by atoms with van der Waals surface area (Å²) in [5.74, 6) is 0.0562. The van der Waals surface area contributed by atoms with E-state index in [0.717, 1.165) is 5.69 Å². The fourth-order valence-electron chi connectivity index (χ4n) is 1.55. The Bertz CT molecular complexity index is 508. The van der Waals surface area contributed by atoms with Crippen LogP contribution in [-0.2, 0) is 17.8 Å². The number of amides is 1. The highest BCUT2D eigenvalue weighted by Crippen LogP contribution is 2.11. The number of rotatable bonds is 4. The minimum absolute atomic E-state index is 0.0562. The summed E-state index contributed by atoms with van der Waals surface area (Å²) in [6, 6.07) is 7.55. The fourth-order valence-corrected chi connectivity index (χ4v) is 2.31. The highest BCUT2D eigenvalue weighted by atomic mass is 32.1. The minimum atomic E-state index is 0.0562. The third-order valence-electron chi connectivity index (χ3n) is 2.58. The number of nitrogens with zero attached hydrogens (tertiary/aromatic N) is 2. The molecule has 1 amide bonds. The predicted octanol–water partition coefficient (Wildman–Crippen LogP) is 1.93. The van der Waals surface area contributed by atoms with Gasteiger partial charge in [-0.3, -0.25) is 9.78 Å². The van der Waals surface area contributed by atoms with E-state index < -0.39 is 0 Å². The summed E-state index contributed by atoms with van der Waals surface area (Å²) < 4.78 is 0. The molecule has 2 N–H and O–H groups in total. The quantitative estimate of drug-likeness (QED) is 0.914. The smallest absolute Gasteiger partial charge is 0.228 e. The SMILES string of the molecule is CN(Cc1cccs1)C(=O)Cc1ccc(N)cn1. The first-order valence-corrected chi connectivity index (χ1v) is 6.50. The molecule has 0 saturated carbocycles. The van der Waals surface area contributed by atoms with Crippen LogP contribution in [0.25, 0.3) is 0 Å². The number of nitrogens with two attached hydrogens (primary N) is 1. The lowest BCUT2D eigenvalue weighted by Crippen LogP contribution is -2.27. The Morgan fingerprint density at radius 2 is 2.28 bits per heavy atom. The molecule has 0 aliphatic rings. The van der Waals surface area contributed by atoms with E-state index in [1.807, 2.05) is 17.5 Å². The van der Waals surface area contributed by atoms with Gasteiger partial charge in [0.2, 0.25) is 5.91 Å². The lowest BCUT2D eigenvalue weighted by atomic mass is 10.2. The Kier molecular flexibility index (Phi) is 3.94. The minimum Gasteiger partial charge on any atom is -0.397 e. The van der Waals surface area contributed by atoms with Crippen molar-refractivity contribution < 1.29 is 4.79 Å². The van der Waals surface area contributed by atoms with Crippen LogP contribution in [0.1, 0.15) is 10.6 Å². The van der Waals surface area contributed by atoms with Crippen molar-refractivity contribution in [2.75, 3.05) is 12.8 Å². The van der Waals surface area contributed by atoms with Crippen molar-refractivity contribution in [3.05, 3.63) is 46.4 Å². The topological polar surface area (TPSA) is 59.2 Å². The van der Waals surface area contributed by atoms with Gasteiger partial charge >= 0.3 is 0 Å². The molecule has 4 nitrogen and oxygen atoms in total. The average Bonchev–Trinajstić information content (AvgIpc) is 2.85. The van der Waals surface area contributed by atoms with Crippen molar-refractivity contribution >= 4 is 22.9 Å². The molecule has 2 rings (SSSR count). The molecule has 18 heavy (non-hydrogen) atoms. The first-order chi connectivity index (χ1) is 8.65. The van der Waals surface area contributed by atoms with E-state index in [2.05, 4.69) is 4.98 Å². The van der Waals surface area contributed by atoms with Crippen LogP contribution in [0.4, 0.5) is 5.69 Å². The Labute approximate surface area is 110 Å². The second kappa shape index (κ2) is 5.64. The summed E-state index contributed by atoms with van der Waals surface area (Å²) in [7, 11) is 1.80. The number of thiophene rings is 1. The van der Waals surface area contributed by atoms with Gasteiger partial charge in [-0.05, 0) is 23.6 Å². The van der Waals surface area contributed by atoms with Crippen LogP contribution in [0, 0.1) is 0 Å². The van der Waals surface area contributed by atoms with Crippen molar-refractivity contribution in [1.82, 2.24) is 9.88 Å². The number of hydrogen-bond acceptors (Lipinski definition) is 4. The summed E-state index contributed by atoms with van der Waals surface area (Å²) in [4.78, 5) is 19.0. The number of aromatic nitrogens is 1. The van der Waals surface area contributed by atoms with Gasteiger partial charge in [-0.15, -0.1) is 11.3 Å². The maximum absolute atomic E-state index is 12.0. The van der Waals surface area contributed by atoms with E-state index in [4.69, 9.17) is 5.73 Å². The van der Waals surface area contributed by atoms with Crippen LogP contribution < -0.4 is 5.73 Å². The predicted molar refractivity (Wildman–Crippen MR) is 73.1 cm³/mol. The van der Waals surface area contributed by atoms with Crippen LogP contribution in [-0.4, -0.2) is 22.8 Å². The van der Waals surface area contributed by atoms with E-state index in [1.165, 1.54) is 4.88 Å². The Morgan fingerprint density at radius 3 is 2.89 bits per heavy atom. The van der Waals surface area contributed by atoms with Gasteiger partial charge in [-0.25, -0.2) is 0 Å². The normalized spacial score (nSPS) is 10.3. The molecule has 2 aromatic rings. The first-order valence-electron chi connectivity index (χ1n) is 5.62. The van der Waals surface area contributed by atoms with Gasteiger partial charge in [-0.1, -0.05) is 6.07 Å². The second-order valence-corrected chi connectivity index (χ2v) is 5.12.